The van der Waals surface area contributed by atoms with Gasteiger partial charge in [0.15, 0.2) is 0 Å². The van der Waals surface area contributed by atoms with Crippen molar-refractivity contribution in [3.8, 4) is 10.4 Å². The van der Waals surface area contributed by atoms with Crippen LogP contribution in [0.15, 0.2) is 29.6 Å². The predicted octanol–water partition coefficient (Wildman–Crippen LogP) is 1.82. The van der Waals surface area contributed by atoms with E-state index in [0.29, 0.717) is 16.2 Å². The van der Waals surface area contributed by atoms with E-state index in [2.05, 4.69) is 25.2 Å². The summed E-state index contributed by atoms with van der Waals surface area (Å²) in [5.74, 6) is 0.597. The molecular formula is C16H20N6OS. The highest BCUT2D eigenvalue weighted by atomic mass is 32.1. The number of anilines is 1. The Balaban J connectivity index is 1.90. The number of thiophene rings is 1. The molecule has 0 atom stereocenters. The molecule has 3 aromatic rings. The predicted molar refractivity (Wildman–Crippen MR) is 97.5 cm³/mol. The molecule has 0 amide bonds. The first kappa shape index (κ1) is 16.5. The lowest BCUT2D eigenvalue weighted by Crippen LogP contribution is -2.23. The third kappa shape index (κ3) is 3.44. The maximum absolute atomic E-state index is 12.6. The highest BCUT2D eigenvalue weighted by molar-refractivity contribution is 7.22. The Morgan fingerprint density at radius 2 is 2.04 bits per heavy atom. The fraction of sp³-hybridized carbons (Fsp3) is 0.375. The second-order valence-electron chi connectivity index (χ2n) is 5.84. The number of nitrogens with one attached hydrogen (secondary N) is 1. The molecule has 0 aliphatic carbocycles. The first-order valence-corrected chi connectivity index (χ1v) is 8.52. The molecule has 0 fully saturated rings. The quantitative estimate of drug-likeness (QED) is 0.688. The van der Waals surface area contributed by atoms with Crippen molar-refractivity contribution in [3.05, 3.63) is 35.1 Å². The lowest BCUT2D eigenvalue weighted by Gasteiger charge is -2.12. The molecular weight excluding hydrogens is 324 g/mol. The summed E-state index contributed by atoms with van der Waals surface area (Å²) >= 11 is 1.42. The minimum atomic E-state index is -0.0387. The van der Waals surface area contributed by atoms with E-state index in [4.69, 9.17) is 0 Å². The van der Waals surface area contributed by atoms with Crippen LogP contribution in [0.2, 0.25) is 0 Å². The number of fused-ring (bicyclic) bond motifs is 1. The van der Waals surface area contributed by atoms with E-state index in [1.54, 1.807) is 24.0 Å². The van der Waals surface area contributed by atoms with Gasteiger partial charge < -0.3 is 10.2 Å². The fourth-order valence-corrected chi connectivity index (χ4v) is 3.42. The second-order valence-corrected chi connectivity index (χ2v) is 6.89. The molecule has 126 valence electrons. The third-order valence-electron chi connectivity index (χ3n) is 3.67. The normalized spacial score (nSPS) is 11.3. The van der Waals surface area contributed by atoms with Crippen LogP contribution < -0.4 is 10.9 Å². The van der Waals surface area contributed by atoms with Gasteiger partial charge in [-0.1, -0.05) is 0 Å². The Hall–Kier alpha value is -2.32. The van der Waals surface area contributed by atoms with Crippen LogP contribution in [0, 0.1) is 0 Å². The zero-order chi connectivity index (χ0) is 17.1. The molecule has 1 N–H and O–H groups in total. The van der Waals surface area contributed by atoms with Crippen LogP contribution in [-0.4, -0.2) is 51.6 Å². The zero-order valence-electron chi connectivity index (χ0n) is 14.0. The highest BCUT2D eigenvalue weighted by Gasteiger charge is 2.13. The second kappa shape index (κ2) is 7.06. The number of nitrogens with zero attached hydrogens (tertiary/aromatic N) is 5. The van der Waals surface area contributed by atoms with Gasteiger partial charge in [0.25, 0.3) is 5.56 Å². The number of rotatable bonds is 6. The van der Waals surface area contributed by atoms with Crippen molar-refractivity contribution >= 4 is 27.5 Å². The summed E-state index contributed by atoms with van der Waals surface area (Å²) < 4.78 is 2.22. The lowest BCUT2D eigenvalue weighted by molar-refractivity contribution is 0.405. The van der Waals surface area contributed by atoms with Gasteiger partial charge in [-0.05, 0) is 33.1 Å². The zero-order valence-corrected chi connectivity index (χ0v) is 14.8. The molecule has 8 heteroatoms. The lowest BCUT2D eigenvalue weighted by atomic mass is 10.3. The summed E-state index contributed by atoms with van der Waals surface area (Å²) in [5, 5.41) is 3.26. The van der Waals surface area contributed by atoms with Crippen molar-refractivity contribution < 1.29 is 0 Å². The van der Waals surface area contributed by atoms with Crippen molar-refractivity contribution in [1.29, 1.82) is 0 Å². The number of hydrogen-bond donors (Lipinski definition) is 1. The molecule has 0 bridgehead atoms. The molecule has 0 aliphatic rings. The van der Waals surface area contributed by atoms with Gasteiger partial charge >= 0.3 is 0 Å². The first-order valence-electron chi connectivity index (χ1n) is 7.71. The van der Waals surface area contributed by atoms with E-state index < -0.39 is 0 Å². The van der Waals surface area contributed by atoms with E-state index in [0.717, 1.165) is 30.0 Å². The van der Waals surface area contributed by atoms with E-state index in [-0.39, 0.29) is 5.56 Å². The molecule has 3 rings (SSSR count). The molecule has 0 saturated carbocycles. The number of aromatic nitrogens is 4. The van der Waals surface area contributed by atoms with Gasteiger partial charge in [0, 0.05) is 36.4 Å². The molecule has 0 unspecified atom stereocenters. The topological polar surface area (TPSA) is 75.9 Å². The summed E-state index contributed by atoms with van der Waals surface area (Å²) in [7, 11) is 5.83. The molecule has 3 heterocycles. The molecule has 24 heavy (non-hydrogen) atoms. The monoisotopic (exact) mass is 344 g/mol. The van der Waals surface area contributed by atoms with Gasteiger partial charge in [-0.25, -0.2) is 15.0 Å². The maximum Gasteiger partial charge on any atom is 0.272 e. The van der Waals surface area contributed by atoms with E-state index in [9.17, 15) is 4.79 Å². The average molecular weight is 344 g/mol. The van der Waals surface area contributed by atoms with Crippen LogP contribution in [0.25, 0.3) is 20.7 Å². The molecule has 0 aliphatic heterocycles. The standard InChI is InChI=1S/C16H20N6OS/c1-21(2)6-4-5-19-16-20-12-7-13(11-8-17-10-18-9-11)24-14(12)15(23)22(16)3/h7-10H,4-6H2,1-3H3,(H,19,20). The summed E-state index contributed by atoms with van der Waals surface area (Å²) in [5.41, 5.74) is 1.56. The van der Waals surface area contributed by atoms with Crippen molar-refractivity contribution in [2.45, 2.75) is 6.42 Å². The Morgan fingerprint density at radius 1 is 1.29 bits per heavy atom. The third-order valence-corrected chi connectivity index (χ3v) is 4.83. The van der Waals surface area contributed by atoms with Crippen molar-refractivity contribution in [2.75, 3.05) is 32.5 Å². The molecule has 0 radical (unpaired) electrons. The van der Waals surface area contributed by atoms with Gasteiger partial charge in [-0.15, -0.1) is 11.3 Å². The first-order chi connectivity index (χ1) is 11.6. The summed E-state index contributed by atoms with van der Waals surface area (Å²) in [6, 6.07) is 1.92. The SMILES string of the molecule is CN(C)CCCNc1nc2cc(-c3cncnc3)sc2c(=O)n1C. The van der Waals surface area contributed by atoms with Crippen LogP contribution in [-0.2, 0) is 7.05 Å². The average Bonchev–Trinajstić information content (AvgIpc) is 3.01. The Morgan fingerprint density at radius 3 is 2.75 bits per heavy atom. The fourth-order valence-electron chi connectivity index (χ4n) is 2.38. The minimum Gasteiger partial charge on any atom is -0.356 e. The van der Waals surface area contributed by atoms with Crippen LogP contribution in [0.4, 0.5) is 5.95 Å². The maximum atomic E-state index is 12.6. The Kier molecular flexibility index (Phi) is 4.86. The Bertz CT molecular complexity index is 887. The number of hydrogen-bond acceptors (Lipinski definition) is 7. The minimum absolute atomic E-state index is 0.0387. The highest BCUT2D eigenvalue weighted by Crippen LogP contribution is 2.30. The molecule has 3 aromatic heterocycles. The Labute approximate surface area is 144 Å². The van der Waals surface area contributed by atoms with Crippen LogP contribution in [0.1, 0.15) is 6.42 Å². The van der Waals surface area contributed by atoms with Gasteiger partial charge in [-0.3, -0.25) is 9.36 Å². The summed E-state index contributed by atoms with van der Waals surface area (Å²) in [6.45, 7) is 1.76. The van der Waals surface area contributed by atoms with Crippen LogP contribution in [0.5, 0.6) is 0 Å². The largest absolute Gasteiger partial charge is 0.356 e. The van der Waals surface area contributed by atoms with E-state index in [1.165, 1.54) is 17.7 Å². The summed E-state index contributed by atoms with van der Waals surface area (Å²) in [4.78, 5) is 28.3. The van der Waals surface area contributed by atoms with Gasteiger partial charge in [0.05, 0.1) is 5.52 Å². The van der Waals surface area contributed by atoms with E-state index in [1.807, 2.05) is 20.2 Å². The molecule has 0 spiro atoms. The smallest absolute Gasteiger partial charge is 0.272 e. The molecule has 7 nitrogen and oxygen atoms in total. The van der Waals surface area contributed by atoms with Crippen LogP contribution >= 0.6 is 11.3 Å². The van der Waals surface area contributed by atoms with E-state index >= 15 is 0 Å². The van der Waals surface area contributed by atoms with Crippen LogP contribution in [0.3, 0.4) is 0 Å². The van der Waals surface area contributed by atoms with Crippen molar-refractivity contribution in [3.63, 3.8) is 0 Å². The molecule has 0 aromatic carbocycles. The molecule has 0 saturated heterocycles. The summed E-state index contributed by atoms with van der Waals surface area (Å²) in [6.07, 6.45) is 5.95. The van der Waals surface area contributed by atoms with Crippen molar-refractivity contribution in [2.24, 2.45) is 7.05 Å². The van der Waals surface area contributed by atoms with Crippen molar-refractivity contribution in [1.82, 2.24) is 24.4 Å². The van der Waals surface area contributed by atoms with Gasteiger partial charge in [-0.2, -0.15) is 0 Å². The van der Waals surface area contributed by atoms with Gasteiger partial charge in [0.1, 0.15) is 11.0 Å². The van der Waals surface area contributed by atoms with Gasteiger partial charge in [0.2, 0.25) is 5.95 Å².